The quantitative estimate of drug-likeness (QED) is 0.638. The monoisotopic (exact) mass is 169 g/mol. The van der Waals surface area contributed by atoms with Crippen molar-refractivity contribution in [1.82, 2.24) is 5.32 Å². The molecule has 0 aromatic carbocycles. The van der Waals surface area contributed by atoms with Gasteiger partial charge < -0.3 is 5.32 Å². The smallest absolute Gasteiger partial charge is 0.0139 e. The maximum atomic E-state index is 3.41. The minimum absolute atomic E-state index is 0.236. The maximum absolute atomic E-state index is 3.41. The van der Waals surface area contributed by atoms with Crippen molar-refractivity contribution in [2.24, 2.45) is 5.92 Å². The molecule has 0 saturated heterocycles. The lowest BCUT2D eigenvalue weighted by Gasteiger charge is -2.19. The molecule has 0 aromatic heterocycles. The summed E-state index contributed by atoms with van der Waals surface area (Å²) in [6, 6.07) is 0. The molecule has 0 rings (SSSR count). The van der Waals surface area contributed by atoms with Crippen molar-refractivity contribution in [3.63, 3.8) is 0 Å². The molecule has 0 amide bonds. The summed E-state index contributed by atoms with van der Waals surface area (Å²) < 4.78 is 0. The fraction of sp³-hybridized carbons (Fsp3) is 0.818. The van der Waals surface area contributed by atoms with Gasteiger partial charge in [0.25, 0.3) is 0 Å². The SMILES string of the molecule is CCC(C)C=CCNC(C)(C)C. The molecule has 0 aliphatic heterocycles. The number of hydrogen-bond acceptors (Lipinski definition) is 1. The molecule has 12 heavy (non-hydrogen) atoms. The van der Waals surface area contributed by atoms with Crippen molar-refractivity contribution >= 4 is 0 Å². The van der Waals surface area contributed by atoms with Gasteiger partial charge in [0.1, 0.15) is 0 Å². The Morgan fingerprint density at radius 3 is 2.33 bits per heavy atom. The lowest BCUT2D eigenvalue weighted by molar-refractivity contribution is 0.449. The Bertz CT molecular complexity index is 130. The van der Waals surface area contributed by atoms with Crippen molar-refractivity contribution in [2.75, 3.05) is 6.54 Å². The molecule has 72 valence electrons. The molecule has 1 unspecified atom stereocenters. The zero-order valence-corrected chi connectivity index (χ0v) is 9.15. The average molecular weight is 169 g/mol. The predicted octanol–water partition coefficient (Wildman–Crippen LogP) is 2.98. The number of nitrogens with one attached hydrogen (secondary N) is 1. The minimum atomic E-state index is 0.236. The third kappa shape index (κ3) is 7.80. The molecule has 1 N–H and O–H groups in total. The highest BCUT2D eigenvalue weighted by atomic mass is 14.9. The van der Waals surface area contributed by atoms with Crippen LogP contribution in [0.1, 0.15) is 41.0 Å². The third-order valence-electron chi connectivity index (χ3n) is 1.86. The van der Waals surface area contributed by atoms with Crippen LogP contribution in [0.5, 0.6) is 0 Å². The zero-order valence-electron chi connectivity index (χ0n) is 9.15. The fourth-order valence-electron chi connectivity index (χ4n) is 0.802. The minimum Gasteiger partial charge on any atom is -0.309 e. The number of hydrogen-bond donors (Lipinski definition) is 1. The highest BCUT2D eigenvalue weighted by molar-refractivity contribution is 4.89. The van der Waals surface area contributed by atoms with E-state index >= 15 is 0 Å². The van der Waals surface area contributed by atoms with Crippen LogP contribution in [-0.2, 0) is 0 Å². The normalized spacial score (nSPS) is 15.4. The van der Waals surface area contributed by atoms with Crippen LogP contribution in [0.2, 0.25) is 0 Å². The molecule has 0 saturated carbocycles. The van der Waals surface area contributed by atoms with Crippen molar-refractivity contribution in [3.8, 4) is 0 Å². The van der Waals surface area contributed by atoms with E-state index in [0.29, 0.717) is 5.92 Å². The summed E-state index contributed by atoms with van der Waals surface area (Å²) in [5, 5.41) is 3.41. The summed E-state index contributed by atoms with van der Waals surface area (Å²) in [7, 11) is 0. The van der Waals surface area contributed by atoms with Crippen molar-refractivity contribution in [3.05, 3.63) is 12.2 Å². The van der Waals surface area contributed by atoms with Crippen molar-refractivity contribution < 1.29 is 0 Å². The highest BCUT2D eigenvalue weighted by Gasteiger charge is 2.05. The van der Waals surface area contributed by atoms with Crippen molar-refractivity contribution in [2.45, 2.75) is 46.6 Å². The molecule has 0 fully saturated rings. The van der Waals surface area contributed by atoms with Gasteiger partial charge in [0.2, 0.25) is 0 Å². The molecule has 1 nitrogen and oxygen atoms in total. The van der Waals surface area contributed by atoms with Crippen LogP contribution >= 0.6 is 0 Å². The summed E-state index contributed by atoms with van der Waals surface area (Å²) in [5.74, 6) is 0.715. The third-order valence-corrected chi connectivity index (χ3v) is 1.86. The second-order valence-corrected chi connectivity index (χ2v) is 4.44. The van der Waals surface area contributed by atoms with Crippen LogP contribution in [0.3, 0.4) is 0 Å². The Labute approximate surface area is 77.2 Å². The molecule has 0 spiro atoms. The topological polar surface area (TPSA) is 12.0 Å². The Kier molecular flexibility index (Phi) is 5.23. The van der Waals surface area contributed by atoms with E-state index in [4.69, 9.17) is 0 Å². The Hall–Kier alpha value is -0.300. The van der Waals surface area contributed by atoms with Gasteiger partial charge in [0, 0.05) is 12.1 Å². The van der Waals surface area contributed by atoms with Gasteiger partial charge in [0.05, 0.1) is 0 Å². The van der Waals surface area contributed by atoms with E-state index < -0.39 is 0 Å². The van der Waals surface area contributed by atoms with Crippen LogP contribution < -0.4 is 5.32 Å². The van der Waals surface area contributed by atoms with E-state index in [9.17, 15) is 0 Å². The Morgan fingerprint density at radius 2 is 1.92 bits per heavy atom. The van der Waals surface area contributed by atoms with Crippen LogP contribution in [-0.4, -0.2) is 12.1 Å². The van der Waals surface area contributed by atoms with Gasteiger partial charge in [-0.3, -0.25) is 0 Å². The maximum Gasteiger partial charge on any atom is 0.0139 e. The molecule has 0 bridgehead atoms. The van der Waals surface area contributed by atoms with Gasteiger partial charge in [-0.2, -0.15) is 0 Å². The first-order valence-corrected chi connectivity index (χ1v) is 4.87. The molecule has 1 atom stereocenters. The molecule has 0 radical (unpaired) electrons. The first-order valence-electron chi connectivity index (χ1n) is 4.87. The molecule has 0 aliphatic rings. The number of allylic oxidation sites excluding steroid dienone is 1. The lowest BCUT2D eigenvalue weighted by Crippen LogP contribution is -2.35. The zero-order chi connectivity index (χ0) is 9.61. The molecule has 1 heteroatoms. The summed E-state index contributed by atoms with van der Waals surface area (Å²) >= 11 is 0. The number of rotatable bonds is 4. The predicted molar refractivity (Wildman–Crippen MR) is 56.4 cm³/mol. The Balaban J connectivity index is 3.49. The average Bonchev–Trinajstić information content (AvgIpc) is 1.96. The van der Waals surface area contributed by atoms with Crippen molar-refractivity contribution in [1.29, 1.82) is 0 Å². The molecular formula is C11H23N. The summed E-state index contributed by atoms with van der Waals surface area (Å²) in [6.45, 7) is 12.0. The standard InChI is InChI=1S/C11H23N/c1-6-10(2)8-7-9-12-11(3,4)5/h7-8,10,12H,6,9H2,1-5H3. The van der Waals surface area contributed by atoms with Crippen LogP contribution in [0, 0.1) is 5.92 Å². The van der Waals surface area contributed by atoms with Crippen LogP contribution in [0.4, 0.5) is 0 Å². The van der Waals surface area contributed by atoms with E-state index in [1.165, 1.54) is 6.42 Å². The molecule has 0 aromatic rings. The summed E-state index contributed by atoms with van der Waals surface area (Å²) in [4.78, 5) is 0. The second-order valence-electron chi connectivity index (χ2n) is 4.44. The fourth-order valence-corrected chi connectivity index (χ4v) is 0.802. The molecule has 0 aliphatic carbocycles. The van der Waals surface area contributed by atoms with Gasteiger partial charge in [-0.05, 0) is 26.7 Å². The highest BCUT2D eigenvalue weighted by Crippen LogP contribution is 2.02. The van der Waals surface area contributed by atoms with E-state index in [1.54, 1.807) is 0 Å². The van der Waals surface area contributed by atoms with Crippen LogP contribution in [0.25, 0.3) is 0 Å². The van der Waals surface area contributed by atoms with Gasteiger partial charge in [-0.1, -0.05) is 32.4 Å². The van der Waals surface area contributed by atoms with E-state index in [1.807, 2.05) is 0 Å². The molecular weight excluding hydrogens is 146 g/mol. The van der Waals surface area contributed by atoms with Gasteiger partial charge >= 0.3 is 0 Å². The first-order chi connectivity index (χ1) is 5.45. The second kappa shape index (κ2) is 5.36. The van der Waals surface area contributed by atoms with Gasteiger partial charge in [0.15, 0.2) is 0 Å². The van der Waals surface area contributed by atoms with E-state index in [2.05, 4.69) is 52.1 Å². The largest absolute Gasteiger partial charge is 0.309 e. The van der Waals surface area contributed by atoms with E-state index in [-0.39, 0.29) is 5.54 Å². The Morgan fingerprint density at radius 1 is 1.33 bits per heavy atom. The van der Waals surface area contributed by atoms with E-state index in [0.717, 1.165) is 6.54 Å². The lowest BCUT2D eigenvalue weighted by atomic mass is 10.1. The summed E-state index contributed by atoms with van der Waals surface area (Å²) in [6.07, 6.45) is 5.73. The van der Waals surface area contributed by atoms with Crippen LogP contribution in [0.15, 0.2) is 12.2 Å². The summed E-state index contributed by atoms with van der Waals surface area (Å²) in [5.41, 5.74) is 0.236. The van der Waals surface area contributed by atoms with Gasteiger partial charge in [-0.15, -0.1) is 0 Å². The van der Waals surface area contributed by atoms with Gasteiger partial charge in [-0.25, -0.2) is 0 Å². The molecule has 0 heterocycles. The first kappa shape index (κ1) is 11.7.